The van der Waals surface area contributed by atoms with Crippen LogP contribution in [-0.2, 0) is 0 Å². The maximum Gasteiger partial charge on any atom is 0.0303 e. The van der Waals surface area contributed by atoms with Gasteiger partial charge in [-0.05, 0) is 0 Å². The monoisotopic (exact) mass is 232 g/mol. The van der Waals surface area contributed by atoms with Crippen LogP contribution in [0, 0.1) is 0 Å². The van der Waals surface area contributed by atoms with E-state index in [9.17, 15) is 0 Å². The molecule has 0 N–H and O–H groups in total. The summed E-state index contributed by atoms with van der Waals surface area (Å²) in [5, 5.41) is 0. The Bertz CT molecular complexity index is 126. The molecule has 0 saturated carbocycles. The van der Waals surface area contributed by atoms with Gasteiger partial charge in [0.05, 0.1) is 0 Å². The lowest BCUT2D eigenvalue weighted by molar-refractivity contribution is 1.80. The third-order valence-corrected chi connectivity index (χ3v) is 54.0. The van der Waals surface area contributed by atoms with Crippen LogP contribution in [0.25, 0.3) is 0 Å². The molecule has 0 aliphatic rings. The van der Waals surface area contributed by atoms with Gasteiger partial charge in [-0.3, -0.25) is 0 Å². The highest BCUT2D eigenvalue weighted by Gasteiger charge is 2.40. The standard InChI is InChI=1S/C8H24Si4/c1-9(2)10(11(3,4)5)12(6,7)8/h1-8H3. The largest absolute Gasteiger partial charge is 0.0739 e. The van der Waals surface area contributed by atoms with Gasteiger partial charge in [0.2, 0.25) is 0 Å². The molecule has 0 aromatic heterocycles. The number of rotatable bonds is 3. The van der Waals surface area contributed by atoms with Crippen molar-refractivity contribution in [3.8, 4) is 0 Å². The predicted octanol–water partition coefficient (Wildman–Crippen LogP) is 3.15. The maximum atomic E-state index is 2.59. The summed E-state index contributed by atoms with van der Waals surface area (Å²) >= 11 is 0. The molecule has 0 nitrogen and oxygen atoms in total. The minimum absolute atomic E-state index is 0.0376. The Balaban J connectivity index is 4.70. The molecule has 72 valence electrons. The molecule has 2 radical (unpaired) electrons. The first kappa shape index (κ1) is 12.9. The Morgan fingerprint density at radius 1 is 0.667 bits per heavy atom. The molecule has 0 bridgehead atoms. The summed E-state index contributed by atoms with van der Waals surface area (Å²) in [5.41, 5.74) is 0. The molecule has 0 fully saturated rings. The lowest BCUT2D eigenvalue weighted by Gasteiger charge is -2.39. The Kier molecular flexibility index (Phi) is 4.22. The minimum atomic E-state index is -0.776. The van der Waals surface area contributed by atoms with Gasteiger partial charge >= 0.3 is 0 Å². The van der Waals surface area contributed by atoms with Crippen LogP contribution in [0.4, 0.5) is 0 Å². The van der Waals surface area contributed by atoms with Gasteiger partial charge in [-0.1, -0.05) is 52.4 Å². The Morgan fingerprint density at radius 3 is 0.917 bits per heavy atom. The first-order chi connectivity index (χ1) is 5.07. The van der Waals surface area contributed by atoms with Crippen molar-refractivity contribution in [1.82, 2.24) is 0 Å². The molecular weight excluding hydrogens is 208 g/mol. The van der Waals surface area contributed by atoms with E-state index >= 15 is 0 Å². The average molecular weight is 233 g/mol. The molecule has 0 amide bonds. The Labute approximate surface area is 83.4 Å². The van der Waals surface area contributed by atoms with Gasteiger partial charge in [-0.2, -0.15) is 0 Å². The third-order valence-electron chi connectivity index (χ3n) is 2.00. The van der Waals surface area contributed by atoms with Gasteiger partial charge in [-0.15, -0.1) is 0 Å². The molecule has 0 saturated heterocycles. The minimum Gasteiger partial charge on any atom is -0.0739 e. The highest BCUT2D eigenvalue weighted by atomic mass is 29.9. The van der Waals surface area contributed by atoms with E-state index in [0.29, 0.717) is 0 Å². The van der Waals surface area contributed by atoms with Crippen molar-refractivity contribution >= 4 is 30.8 Å². The van der Waals surface area contributed by atoms with E-state index in [0.717, 1.165) is 0 Å². The molecule has 0 heterocycles. The zero-order valence-corrected chi connectivity index (χ0v) is 14.0. The fraction of sp³-hybridized carbons (Fsp3) is 1.00. The second-order valence-corrected chi connectivity index (χ2v) is 38.6. The van der Waals surface area contributed by atoms with Crippen molar-refractivity contribution < 1.29 is 0 Å². The van der Waals surface area contributed by atoms with Crippen LogP contribution in [0.3, 0.4) is 0 Å². The summed E-state index contributed by atoms with van der Waals surface area (Å²) in [6.07, 6.45) is 0. The van der Waals surface area contributed by atoms with Crippen molar-refractivity contribution in [3.63, 3.8) is 0 Å². The smallest absolute Gasteiger partial charge is 0.0303 e. The van der Waals surface area contributed by atoms with E-state index < -0.39 is 15.2 Å². The molecular formula is C8H24Si4. The van der Waals surface area contributed by atoms with Crippen LogP contribution in [-0.4, -0.2) is 30.8 Å². The SMILES string of the molecule is C[Si](C)[Si]([Si](C)(C)C)[Si](C)(C)C. The van der Waals surface area contributed by atoms with Crippen LogP contribution in [0.5, 0.6) is 0 Å². The quantitative estimate of drug-likeness (QED) is 0.656. The zero-order chi connectivity index (χ0) is 10.2. The van der Waals surface area contributed by atoms with Crippen molar-refractivity contribution in [1.29, 1.82) is 0 Å². The van der Waals surface area contributed by atoms with Crippen LogP contribution in [0.15, 0.2) is 0 Å². The summed E-state index contributed by atoms with van der Waals surface area (Å²) < 4.78 is 0. The molecule has 0 atom stereocenters. The van der Waals surface area contributed by atoms with Crippen LogP contribution in [0.2, 0.25) is 52.4 Å². The molecule has 0 unspecified atom stereocenters. The summed E-state index contributed by atoms with van der Waals surface area (Å²) in [6, 6.07) is 0. The molecule has 12 heavy (non-hydrogen) atoms. The zero-order valence-electron chi connectivity index (χ0n) is 10.0. The highest BCUT2D eigenvalue weighted by Crippen LogP contribution is 2.19. The van der Waals surface area contributed by atoms with Crippen molar-refractivity contribution in [2.24, 2.45) is 0 Å². The van der Waals surface area contributed by atoms with Gasteiger partial charge in [-0.25, -0.2) is 0 Å². The molecule has 0 aromatic carbocycles. The summed E-state index contributed by atoms with van der Waals surface area (Å²) in [6.45, 7) is 20.7. The lowest BCUT2D eigenvalue weighted by Crippen LogP contribution is -2.65. The number of hydrogen-bond donors (Lipinski definition) is 0. The molecule has 0 aliphatic carbocycles. The summed E-state index contributed by atoms with van der Waals surface area (Å²) in [7, 11) is -1.43. The van der Waals surface area contributed by atoms with E-state index in [-0.39, 0.29) is 15.7 Å². The maximum absolute atomic E-state index is 2.59. The second kappa shape index (κ2) is 3.94. The first-order valence-corrected chi connectivity index (χ1v) is 18.8. The van der Waals surface area contributed by atoms with Crippen molar-refractivity contribution in [2.45, 2.75) is 52.4 Å². The van der Waals surface area contributed by atoms with E-state index in [1.165, 1.54) is 0 Å². The summed E-state index contributed by atoms with van der Waals surface area (Å²) in [4.78, 5) is 0. The molecule has 4 heteroatoms. The van der Waals surface area contributed by atoms with Gasteiger partial charge in [0.25, 0.3) is 0 Å². The summed E-state index contributed by atoms with van der Waals surface area (Å²) in [5.74, 6) is 0. The van der Waals surface area contributed by atoms with Gasteiger partial charge in [0.15, 0.2) is 0 Å². The van der Waals surface area contributed by atoms with E-state index in [4.69, 9.17) is 0 Å². The van der Waals surface area contributed by atoms with E-state index in [1.807, 2.05) is 0 Å². The van der Waals surface area contributed by atoms with Crippen LogP contribution < -0.4 is 0 Å². The lowest BCUT2D eigenvalue weighted by atomic mass is 11.8. The highest BCUT2D eigenvalue weighted by molar-refractivity contribution is 7.78. The van der Waals surface area contributed by atoms with Gasteiger partial charge in [0, 0.05) is 30.8 Å². The van der Waals surface area contributed by atoms with Crippen LogP contribution >= 0.6 is 0 Å². The van der Waals surface area contributed by atoms with Gasteiger partial charge in [0.1, 0.15) is 0 Å². The first-order valence-electron chi connectivity index (χ1n) is 4.75. The second-order valence-electron chi connectivity index (χ2n) is 5.88. The van der Waals surface area contributed by atoms with Crippen LogP contribution in [0.1, 0.15) is 0 Å². The van der Waals surface area contributed by atoms with E-state index in [1.54, 1.807) is 0 Å². The molecule has 0 rings (SSSR count). The molecule has 0 aliphatic heterocycles. The van der Waals surface area contributed by atoms with Gasteiger partial charge < -0.3 is 0 Å². The number of hydrogen-bond acceptors (Lipinski definition) is 0. The van der Waals surface area contributed by atoms with E-state index in [2.05, 4.69) is 52.4 Å². The van der Waals surface area contributed by atoms with Crippen molar-refractivity contribution in [3.05, 3.63) is 0 Å². The molecule has 0 spiro atoms. The molecule has 0 aromatic rings. The topological polar surface area (TPSA) is 0 Å². The van der Waals surface area contributed by atoms with Crippen molar-refractivity contribution in [2.75, 3.05) is 0 Å². The third kappa shape index (κ3) is 3.72. The Hall–Kier alpha value is 0.868. The fourth-order valence-corrected chi connectivity index (χ4v) is 70.9. The average Bonchev–Trinajstić information content (AvgIpc) is 1.49. The predicted molar refractivity (Wildman–Crippen MR) is 69.9 cm³/mol. The fourth-order valence-electron chi connectivity index (χ4n) is 2.62. The Morgan fingerprint density at radius 2 is 0.917 bits per heavy atom. The normalized spacial score (nSPS) is 14.5.